The van der Waals surface area contributed by atoms with Gasteiger partial charge in [0.15, 0.2) is 0 Å². The standard InChI is InChI=1S/C13H24N2O3/c1-4-15(5-2)13(17)11-6-8-14(9-7-11)10-12(16)18-3/h11H,4-10H2,1-3H3. The van der Waals surface area contributed by atoms with Crippen molar-refractivity contribution in [3.8, 4) is 0 Å². The van der Waals surface area contributed by atoms with Gasteiger partial charge in [-0.25, -0.2) is 0 Å². The Morgan fingerprint density at radius 2 is 1.78 bits per heavy atom. The van der Waals surface area contributed by atoms with Gasteiger partial charge in [-0.15, -0.1) is 0 Å². The number of methoxy groups -OCH3 is 1. The molecule has 1 saturated heterocycles. The van der Waals surface area contributed by atoms with Crippen LogP contribution in [0.3, 0.4) is 0 Å². The first kappa shape index (κ1) is 15.0. The molecular weight excluding hydrogens is 232 g/mol. The van der Waals surface area contributed by atoms with E-state index in [4.69, 9.17) is 0 Å². The summed E-state index contributed by atoms with van der Waals surface area (Å²) in [5.41, 5.74) is 0. The molecule has 1 rings (SSSR count). The molecule has 18 heavy (non-hydrogen) atoms. The summed E-state index contributed by atoms with van der Waals surface area (Å²) in [5, 5.41) is 0. The topological polar surface area (TPSA) is 49.9 Å². The highest BCUT2D eigenvalue weighted by Gasteiger charge is 2.28. The zero-order valence-electron chi connectivity index (χ0n) is 11.6. The lowest BCUT2D eigenvalue weighted by Crippen LogP contribution is -2.43. The van der Waals surface area contributed by atoms with Crippen LogP contribution in [0.2, 0.25) is 0 Å². The second kappa shape index (κ2) is 7.36. The maximum Gasteiger partial charge on any atom is 0.319 e. The first-order chi connectivity index (χ1) is 8.62. The van der Waals surface area contributed by atoms with E-state index in [1.807, 2.05) is 18.7 Å². The molecule has 0 aromatic heterocycles. The van der Waals surface area contributed by atoms with Gasteiger partial charge in [0, 0.05) is 19.0 Å². The fourth-order valence-corrected chi connectivity index (χ4v) is 2.38. The lowest BCUT2D eigenvalue weighted by atomic mass is 9.95. The molecule has 0 unspecified atom stereocenters. The van der Waals surface area contributed by atoms with Crippen LogP contribution in [0.15, 0.2) is 0 Å². The lowest BCUT2D eigenvalue weighted by molar-refractivity contribution is -0.142. The molecule has 104 valence electrons. The van der Waals surface area contributed by atoms with Crippen LogP contribution in [0.25, 0.3) is 0 Å². The average Bonchev–Trinajstić information content (AvgIpc) is 2.40. The molecule has 1 fully saturated rings. The number of nitrogens with zero attached hydrogens (tertiary/aromatic N) is 2. The van der Waals surface area contributed by atoms with Gasteiger partial charge in [-0.05, 0) is 39.8 Å². The summed E-state index contributed by atoms with van der Waals surface area (Å²) >= 11 is 0. The summed E-state index contributed by atoms with van der Waals surface area (Å²) in [6.45, 7) is 7.50. The Kier molecular flexibility index (Phi) is 6.12. The third-order valence-corrected chi connectivity index (χ3v) is 3.59. The maximum absolute atomic E-state index is 12.2. The normalized spacial score (nSPS) is 17.5. The van der Waals surface area contributed by atoms with Gasteiger partial charge in [0.1, 0.15) is 0 Å². The van der Waals surface area contributed by atoms with E-state index in [1.54, 1.807) is 0 Å². The predicted octanol–water partition coefficient (Wildman–Crippen LogP) is 0.740. The molecule has 0 aliphatic carbocycles. The highest BCUT2D eigenvalue weighted by atomic mass is 16.5. The SMILES string of the molecule is CCN(CC)C(=O)C1CCN(CC(=O)OC)CC1. The van der Waals surface area contributed by atoms with Gasteiger partial charge in [0.2, 0.25) is 5.91 Å². The average molecular weight is 256 g/mol. The van der Waals surface area contributed by atoms with Crippen molar-refractivity contribution in [2.24, 2.45) is 5.92 Å². The van der Waals surface area contributed by atoms with Crippen LogP contribution in [-0.2, 0) is 14.3 Å². The number of amides is 1. The van der Waals surface area contributed by atoms with Gasteiger partial charge in [-0.1, -0.05) is 0 Å². The Bertz CT molecular complexity index is 282. The fourth-order valence-electron chi connectivity index (χ4n) is 2.38. The van der Waals surface area contributed by atoms with Gasteiger partial charge >= 0.3 is 5.97 Å². The van der Waals surface area contributed by atoms with E-state index in [9.17, 15) is 9.59 Å². The molecule has 1 amide bonds. The van der Waals surface area contributed by atoms with Crippen molar-refractivity contribution in [3.05, 3.63) is 0 Å². The van der Waals surface area contributed by atoms with Crippen molar-refractivity contribution in [3.63, 3.8) is 0 Å². The third kappa shape index (κ3) is 3.98. The van der Waals surface area contributed by atoms with Gasteiger partial charge in [-0.3, -0.25) is 14.5 Å². The third-order valence-electron chi connectivity index (χ3n) is 3.59. The fraction of sp³-hybridized carbons (Fsp3) is 0.846. The first-order valence-electron chi connectivity index (χ1n) is 6.70. The van der Waals surface area contributed by atoms with Crippen molar-refractivity contribution in [1.82, 2.24) is 9.80 Å². The van der Waals surface area contributed by atoms with Crippen LogP contribution in [0, 0.1) is 5.92 Å². The Morgan fingerprint density at radius 3 is 2.22 bits per heavy atom. The van der Waals surface area contributed by atoms with E-state index in [1.165, 1.54) is 7.11 Å². The Labute approximate surface area is 109 Å². The van der Waals surface area contributed by atoms with Gasteiger partial charge < -0.3 is 9.64 Å². The van der Waals surface area contributed by atoms with Crippen LogP contribution in [0.4, 0.5) is 0 Å². The molecule has 1 aliphatic heterocycles. The molecule has 0 N–H and O–H groups in total. The molecular formula is C13H24N2O3. The second-order valence-corrected chi connectivity index (χ2v) is 4.64. The van der Waals surface area contributed by atoms with E-state index in [-0.39, 0.29) is 17.8 Å². The molecule has 1 aliphatic rings. The summed E-state index contributed by atoms with van der Waals surface area (Å²) < 4.78 is 4.64. The van der Waals surface area contributed by atoms with Crippen molar-refractivity contribution in [1.29, 1.82) is 0 Å². The molecule has 5 heteroatoms. The van der Waals surface area contributed by atoms with E-state index >= 15 is 0 Å². The second-order valence-electron chi connectivity index (χ2n) is 4.64. The van der Waals surface area contributed by atoms with Crippen molar-refractivity contribution < 1.29 is 14.3 Å². The molecule has 0 aromatic carbocycles. The van der Waals surface area contributed by atoms with E-state index in [0.29, 0.717) is 6.54 Å². The first-order valence-corrected chi connectivity index (χ1v) is 6.70. The van der Waals surface area contributed by atoms with Crippen molar-refractivity contribution in [2.45, 2.75) is 26.7 Å². The monoisotopic (exact) mass is 256 g/mol. The summed E-state index contributed by atoms with van der Waals surface area (Å²) in [4.78, 5) is 27.3. The van der Waals surface area contributed by atoms with Crippen molar-refractivity contribution >= 4 is 11.9 Å². The number of hydrogen-bond acceptors (Lipinski definition) is 4. The maximum atomic E-state index is 12.2. The highest BCUT2D eigenvalue weighted by Crippen LogP contribution is 2.19. The van der Waals surface area contributed by atoms with Crippen LogP contribution in [0.5, 0.6) is 0 Å². The smallest absolute Gasteiger partial charge is 0.319 e. The van der Waals surface area contributed by atoms with E-state index in [0.717, 1.165) is 39.0 Å². The van der Waals surface area contributed by atoms with Crippen LogP contribution in [-0.4, -0.2) is 61.5 Å². The van der Waals surface area contributed by atoms with Gasteiger partial charge in [-0.2, -0.15) is 0 Å². The Balaban J connectivity index is 2.39. The molecule has 0 atom stereocenters. The quantitative estimate of drug-likeness (QED) is 0.681. The largest absolute Gasteiger partial charge is 0.468 e. The minimum atomic E-state index is -0.205. The number of likely N-dealkylation sites (tertiary alicyclic amines) is 1. The van der Waals surface area contributed by atoms with E-state index < -0.39 is 0 Å². The summed E-state index contributed by atoms with van der Waals surface area (Å²) in [7, 11) is 1.40. The number of hydrogen-bond donors (Lipinski definition) is 0. The summed E-state index contributed by atoms with van der Waals surface area (Å²) in [6, 6.07) is 0. The van der Waals surface area contributed by atoms with Crippen LogP contribution < -0.4 is 0 Å². The van der Waals surface area contributed by atoms with Gasteiger partial charge in [0.05, 0.1) is 13.7 Å². The molecule has 0 bridgehead atoms. The number of ether oxygens (including phenoxy) is 1. The predicted molar refractivity (Wildman–Crippen MR) is 69.1 cm³/mol. The number of carbonyl (C=O) groups excluding carboxylic acids is 2. The number of carbonyl (C=O) groups is 2. The Morgan fingerprint density at radius 1 is 1.22 bits per heavy atom. The lowest BCUT2D eigenvalue weighted by Gasteiger charge is -2.33. The number of esters is 1. The molecule has 0 radical (unpaired) electrons. The molecule has 0 spiro atoms. The minimum absolute atomic E-state index is 0.124. The number of piperidine rings is 1. The van der Waals surface area contributed by atoms with Gasteiger partial charge in [0.25, 0.3) is 0 Å². The molecule has 1 heterocycles. The summed E-state index contributed by atoms with van der Waals surface area (Å²) in [5.74, 6) is 0.181. The zero-order chi connectivity index (χ0) is 13.5. The zero-order valence-corrected chi connectivity index (χ0v) is 11.6. The summed E-state index contributed by atoms with van der Waals surface area (Å²) in [6.07, 6.45) is 1.68. The van der Waals surface area contributed by atoms with E-state index in [2.05, 4.69) is 9.64 Å². The van der Waals surface area contributed by atoms with Crippen LogP contribution >= 0.6 is 0 Å². The highest BCUT2D eigenvalue weighted by molar-refractivity contribution is 5.79. The Hall–Kier alpha value is -1.10. The minimum Gasteiger partial charge on any atom is -0.468 e. The van der Waals surface area contributed by atoms with Crippen molar-refractivity contribution in [2.75, 3.05) is 39.8 Å². The molecule has 5 nitrogen and oxygen atoms in total. The number of rotatable bonds is 5. The van der Waals surface area contributed by atoms with Crippen LogP contribution in [0.1, 0.15) is 26.7 Å². The molecule has 0 saturated carbocycles. The molecule has 0 aromatic rings.